The smallest absolute Gasteiger partial charge is 0.338 e. The van der Waals surface area contributed by atoms with Gasteiger partial charge in [0.2, 0.25) is 0 Å². The fourth-order valence-electron chi connectivity index (χ4n) is 2.30. The Morgan fingerprint density at radius 1 is 1.14 bits per heavy atom. The molecule has 1 aromatic rings. The molecule has 1 aliphatic carbocycles. The second kappa shape index (κ2) is 6.34. The Morgan fingerprint density at radius 3 is 2.24 bits per heavy atom. The largest absolute Gasteiger partial charge is 0.459 e. The summed E-state index contributed by atoms with van der Waals surface area (Å²) in [7, 11) is 0. The highest BCUT2D eigenvalue weighted by atomic mass is 16.6. The number of hydrogen-bond acceptors (Lipinski definition) is 6. The van der Waals surface area contributed by atoms with Crippen LogP contribution in [0.5, 0.6) is 0 Å². The summed E-state index contributed by atoms with van der Waals surface area (Å²) >= 11 is 0. The van der Waals surface area contributed by atoms with Gasteiger partial charge < -0.3 is 9.47 Å². The Bertz CT molecular complexity index is 553. The number of carbonyl (C=O) groups is 2. The van der Waals surface area contributed by atoms with Crippen molar-refractivity contribution in [2.24, 2.45) is 0 Å². The summed E-state index contributed by atoms with van der Waals surface area (Å²) < 4.78 is 10.4. The first-order valence-corrected chi connectivity index (χ1v) is 6.60. The van der Waals surface area contributed by atoms with Crippen LogP contribution in [0.15, 0.2) is 24.3 Å². The molecular formula is C14H15NO6. The zero-order valence-corrected chi connectivity index (χ0v) is 11.5. The number of nitro groups is 1. The third-order valence-electron chi connectivity index (χ3n) is 3.28. The average molecular weight is 293 g/mol. The second-order valence-electron chi connectivity index (χ2n) is 4.83. The predicted octanol–water partition coefficient (Wildman–Crippen LogP) is 2.24. The zero-order chi connectivity index (χ0) is 15.4. The topological polar surface area (TPSA) is 95.7 Å². The Kier molecular flexibility index (Phi) is 4.52. The SMILES string of the molecule is CC(=O)O[C@H]1CCC[C@H]1OC(=O)c1ccc([N+](=O)[O-])cc1. The minimum absolute atomic E-state index is 0.0924. The first-order chi connectivity index (χ1) is 9.97. The van der Waals surface area contributed by atoms with E-state index < -0.39 is 29.1 Å². The Balaban J connectivity index is 2.00. The van der Waals surface area contributed by atoms with Crippen molar-refractivity contribution >= 4 is 17.6 Å². The fraction of sp³-hybridized carbons (Fsp3) is 0.429. The summed E-state index contributed by atoms with van der Waals surface area (Å²) in [5.74, 6) is -0.979. The van der Waals surface area contributed by atoms with Gasteiger partial charge in [-0.2, -0.15) is 0 Å². The standard InChI is InChI=1S/C14H15NO6/c1-9(16)20-12-3-2-4-13(12)21-14(17)10-5-7-11(8-6-10)15(18)19/h5-8,12-13H,2-4H2,1H3/t12-,13+/m0/s1. The van der Waals surface area contributed by atoms with Gasteiger partial charge in [0.25, 0.3) is 5.69 Å². The molecule has 0 radical (unpaired) electrons. The van der Waals surface area contributed by atoms with E-state index in [4.69, 9.17) is 9.47 Å². The Labute approximate surface area is 121 Å². The quantitative estimate of drug-likeness (QED) is 0.480. The molecule has 0 N–H and O–H groups in total. The van der Waals surface area contributed by atoms with E-state index in [-0.39, 0.29) is 11.3 Å². The molecule has 0 heterocycles. The molecule has 0 saturated heterocycles. The molecule has 0 amide bonds. The molecule has 0 bridgehead atoms. The number of rotatable bonds is 4. The van der Waals surface area contributed by atoms with Crippen LogP contribution in [0.1, 0.15) is 36.5 Å². The van der Waals surface area contributed by atoms with Crippen molar-refractivity contribution in [2.45, 2.75) is 38.4 Å². The van der Waals surface area contributed by atoms with Gasteiger partial charge in [0.15, 0.2) is 0 Å². The molecule has 2 rings (SSSR count). The van der Waals surface area contributed by atoms with E-state index in [0.717, 1.165) is 6.42 Å². The van der Waals surface area contributed by atoms with Gasteiger partial charge in [-0.25, -0.2) is 4.79 Å². The zero-order valence-electron chi connectivity index (χ0n) is 11.5. The third kappa shape index (κ3) is 3.77. The lowest BCUT2D eigenvalue weighted by Gasteiger charge is -2.19. The number of non-ortho nitro benzene ring substituents is 1. The molecule has 1 aromatic carbocycles. The molecule has 7 heteroatoms. The molecule has 21 heavy (non-hydrogen) atoms. The number of hydrogen-bond donors (Lipinski definition) is 0. The number of nitrogens with zero attached hydrogens (tertiary/aromatic N) is 1. The van der Waals surface area contributed by atoms with Crippen LogP contribution >= 0.6 is 0 Å². The van der Waals surface area contributed by atoms with Crippen LogP contribution in [0, 0.1) is 10.1 Å². The summed E-state index contributed by atoms with van der Waals surface area (Å²) in [5.41, 5.74) is 0.138. The van der Waals surface area contributed by atoms with Crippen molar-refractivity contribution < 1.29 is 24.0 Å². The molecule has 7 nitrogen and oxygen atoms in total. The number of carbonyl (C=O) groups excluding carboxylic acids is 2. The van der Waals surface area contributed by atoms with Crippen molar-refractivity contribution in [2.75, 3.05) is 0 Å². The van der Waals surface area contributed by atoms with Crippen molar-refractivity contribution in [1.82, 2.24) is 0 Å². The molecule has 0 aliphatic heterocycles. The monoisotopic (exact) mass is 293 g/mol. The second-order valence-corrected chi connectivity index (χ2v) is 4.83. The lowest BCUT2D eigenvalue weighted by atomic mass is 10.2. The molecule has 1 fully saturated rings. The number of benzene rings is 1. The van der Waals surface area contributed by atoms with Gasteiger partial charge >= 0.3 is 11.9 Å². The van der Waals surface area contributed by atoms with Gasteiger partial charge in [-0.3, -0.25) is 14.9 Å². The summed E-state index contributed by atoms with van der Waals surface area (Å²) in [6.07, 6.45) is 1.24. The van der Waals surface area contributed by atoms with Gasteiger partial charge in [-0.1, -0.05) is 0 Å². The fourth-order valence-corrected chi connectivity index (χ4v) is 2.30. The molecular weight excluding hydrogens is 278 g/mol. The van der Waals surface area contributed by atoms with E-state index >= 15 is 0 Å². The van der Waals surface area contributed by atoms with Crippen molar-refractivity contribution in [1.29, 1.82) is 0 Å². The minimum Gasteiger partial charge on any atom is -0.459 e. The highest BCUT2D eigenvalue weighted by molar-refractivity contribution is 5.89. The maximum Gasteiger partial charge on any atom is 0.338 e. The van der Waals surface area contributed by atoms with E-state index in [2.05, 4.69) is 0 Å². The average Bonchev–Trinajstić information content (AvgIpc) is 2.85. The first-order valence-electron chi connectivity index (χ1n) is 6.60. The van der Waals surface area contributed by atoms with Gasteiger partial charge in [-0.05, 0) is 31.4 Å². The van der Waals surface area contributed by atoms with E-state index in [1.807, 2.05) is 0 Å². The Morgan fingerprint density at radius 2 is 1.71 bits per heavy atom. The van der Waals surface area contributed by atoms with Crippen molar-refractivity contribution in [3.63, 3.8) is 0 Å². The number of nitro benzene ring substituents is 1. The highest BCUT2D eigenvalue weighted by Gasteiger charge is 2.33. The maximum atomic E-state index is 12.0. The molecule has 0 unspecified atom stereocenters. The molecule has 2 atom stereocenters. The summed E-state index contributed by atoms with van der Waals surface area (Å²) in [6, 6.07) is 5.18. The van der Waals surface area contributed by atoms with Crippen molar-refractivity contribution in [3.8, 4) is 0 Å². The van der Waals surface area contributed by atoms with Gasteiger partial charge in [0.1, 0.15) is 12.2 Å². The van der Waals surface area contributed by atoms with E-state index in [0.29, 0.717) is 12.8 Å². The van der Waals surface area contributed by atoms with E-state index in [1.54, 1.807) is 0 Å². The van der Waals surface area contributed by atoms with E-state index in [1.165, 1.54) is 31.2 Å². The third-order valence-corrected chi connectivity index (χ3v) is 3.28. The molecule has 0 aromatic heterocycles. The highest BCUT2D eigenvalue weighted by Crippen LogP contribution is 2.26. The van der Waals surface area contributed by atoms with Crippen LogP contribution in [-0.4, -0.2) is 29.1 Å². The van der Waals surface area contributed by atoms with Gasteiger partial charge in [0.05, 0.1) is 10.5 Å². The van der Waals surface area contributed by atoms with Crippen molar-refractivity contribution in [3.05, 3.63) is 39.9 Å². The molecule has 1 aliphatic rings. The molecule has 1 saturated carbocycles. The normalized spacial score (nSPS) is 20.8. The minimum atomic E-state index is -0.575. The summed E-state index contributed by atoms with van der Waals surface area (Å²) in [4.78, 5) is 33.0. The van der Waals surface area contributed by atoms with Crippen LogP contribution < -0.4 is 0 Å². The van der Waals surface area contributed by atoms with Gasteiger partial charge in [0, 0.05) is 19.1 Å². The first kappa shape index (κ1) is 15.0. The van der Waals surface area contributed by atoms with Crippen LogP contribution in [0.25, 0.3) is 0 Å². The molecule has 0 spiro atoms. The van der Waals surface area contributed by atoms with Crippen LogP contribution in [0.2, 0.25) is 0 Å². The summed E-state index contributed by atoms with van der Waals surface area (Å²) in [6.45, 7) is 1.31. The number of esters is 2. The number of ether oxygens (including phenoxy) is 2. The maximum absolute atomic E-state index is 12.0. The van der Waals surface area contributed by atoms with Crippen LogP contribution in [-0.2, 0) is 14.3 Å². The molecule has 112 valence electrons. The van der Waals surface area contributed by atoms with Crippen LogP contribution in [0.4, 0.5) is 5.69 Å². The lowest BCUT2D eigenvalue weighted by molar-refractivity contribution is -0.384. The summed E-state index contributed by atoms with van der Waals surface area (Å²) in [5, 5.41) is 10.5. The van der Waals surface area contributed by atoms with Crippen LogP contribution in [0.3, 0.4) is 0 Å². The van der Waals surface area contributed by atoms with E-state index in [9.17, 15) is 19.7 Å². The Hall–Kier alpha value is -2.44. The van der Waals surface area contributed by atoms with Gasteiger partial charge in [-0.15, -0.1) is 0 Å². The lowest BCUT2D eigenvalue weighted by Crippen LogP contribution is -2.30. The predicted molar refractivity (Wildman–Crippen MR) is 71.7 cm³/mol.